The van der Waals surface area contributed by atoms with Gasteiger partial charge in [-0.1, -0.05) is 11.6 Å². The summed E-state index contributed by atoms with van der Waals surface area (Å²) in [6.45, 7) is 0. The van der Waals surface area contributed by atoms with Gasteiger partial charge < -0.3 is 10.4 Å². The molecule has 0 aliphatic rings. The van der Waals surface area contributed by atoms with E-state index in [4.69, 9.17) is 16.7 Å². The lowest BCUT2D eigenvalue weighted by molar-refractivity contribution is 0.262. The van der Waals surface area contributed by atoms with Crippen LogP contribution in [0.3, 0.4) is 0 Å². The van der Waals surface area contributed by atoms with Crippen LogP contribution < -0.4 is 10.6 Å². The topological polar surface area (TPSA) is 74.2 Å². The number of rotatable bonds is 2. The molecule has 0 saturated carbocycles. The van der Waals surface area contributed by atoms with Crippen LogP contribution in [0.4, 0.5) is 16.3 Å². The first-order chi connectivity index (χ1) is 8.63. The summed E-state index contributed by atoms with van der Waals surface area (Å²) in [4.78, 5) is 15.5. The van der Waals surface area contributed by atoms with Crippen molar-refractivity contribution < 1.29 is 9.90 Å². The second-order valence-corrected chi connectivity index (χ2v) is 3.92. The van der Waals surface area contributed by atoms with Crippen LogP contribution in [0, 0.1) is 0 Å². The Labute approximate surface area is 108 Å². The summed E-state index contributed by atoms with van der Waals surface area (Å²) in [7, 11) is 0. The molecule has 2 aromatic rings. The monoisotopic (exact) mass is 263 g/mol. The van der Waals surface area contributed by atoms with Crippen LogP contribution in [0.1, 0.15) is 0 Å². The Balaban J connectivity index is 1.96. The molecule has 0 aliphatic carbocycles. The Kier molecular flexibility index (Phi) is 3.64. The van der Waals surface area contributed by atoms with Gasteiger partial charge in [0.25, 0.3) is 0 Å². The number of nitrogens with one attached hydrogen (secondary N) is 2. The lowest BCUT2D eigenvalue weighted by Crippen LogP contribution is -2.19. The van der Waals surface area contributed by atoms with Crippen LogP contribution in [0.5, 0.6) is 5.75 Å². The van der Waals surface area contributed by atoms with E-state index in [-0.39, 0.29) is 5.75 Å². The van der Waals surface area contributed by atoms with E-state index in [0.717, 1.165) is 0 Å². The maximum Gasteiger partial charge on any atom is 0.324 e. The highest BCUT2D eigenvalue weighted by atomic mass is 35.5. The molecule has 1 heterocycles. The van der Waals surface area contributed by atoms with Crippen LogP contribution in [-0.2, 0) is 0 Å². The van der Waals surface area contributed by atoms with Gasteiger partial charge in [0.1, 0.15) is 11.6 Å². The molecule has 6 heteroatoms. The molecule has 1 aromatic carbocycles. The van der Waals surface area contributed by atoms with Gasteiger partial charge in [0, 0.05) is 11.9 Å². The van der Waals surface area contributed by atoms with E-state index in [2.05, 4.69) is 15.6 Å². The minimum absolute atomic E-state index is 0.139. The molecule has 3 N–H and O–H groups in total. The van der Waals surface area contributed by atoms with Gasteiger partial charge in [-0.05, 0) is 36.4 Å². The fourth-order valence-electron chi connectivity index (χ4n) is 1.27. The number of carbonyl (C=O) groups excluding carboxylic acids is 1. The summed E-state index contributed by atoms with van der Waals surface area (Å²) >= 11 is 5.68. The number of amides is 2. The van der Waals surface area contributed by atoms with E-state index in [9.17, 15) is 4.79 Å². The van der Waals surface area contributed by atoms with E-state index < -0.39 is 6.03 Å². The first-order valence-electron chi connectivity index (χ1n) is 5.12. The Morgan fingerprint density at radius 3 is 2.44 bits per heavy atom. The van der Waals surface area contributed by atoms with Crippen molar-refractivity contribution in [2.75, 3.05) is 10.6 Å². The van der Waals surface area contributed by atoms with Gasteiger partial charge in [-0.15, -0.1) is 0 Å². The molecule has 2 amide bonds. The fourth-order valence-corrected chi connectivity index (χ4v) is 1.38. The zero-order valence-corrected chi connectivity index (χ0v) is 9.98. The maximum atomic E-state index is 11.6. The average molecular weight is 264 g/mol. The molecule has 18 heavy (non-hydrogen) atoms. The third kappa shape index (κ3) is 3.36. The number of nitrogens with zero attached hydrogens (tertiary/aromatic N) is 1. The van der Waals surface area contributed by atoms with E-state index in [1.807, 2.05) is 0 Å². The molecule has 0 unspecified atom stereocenters. The molecule has 0 saturated heterocycles. The van der Waals surface area contributed by atoms with Gasteiger partial charge in [0.2, 0.25) is 0 Å². The summed E-state index contributed by atoms with van der Waals surface area (Å²) in [5.41, 5.74) is 0.569. The second-order valence-electron chi connectivity index (χ2n) is 3.49. The number of hydrogen-bond donors (Lipinski definition) is 3. The first kappa shape index (κ1) is 12.2. The van der Waals surface area contributed by atoms with Crippen molar-refractivity contribution in [3.8, 4) is 5.75 Å². The third-order valence-electron chi connectivity index (χ3n) is 2.09. The minimum Gasteiger partial charge on any atom is -0.508 e. The van der Waals surface area contributed by atoms with Crippen molar-refractivity contribution in [1.82, 2.24) is 4.98 Å². The molecule has 0 bridgehead atoms. The highest BCUT2D eigenvalue weighted by molar-refractivity contribution is 6.30. The predicted octanol–water partition coefficient (Wildman–Crippen LogP) is 3.08. The summed E-state index contributed by atoms with van der Waals surface area (Å²) in [5, 5.41) is 14.7. The van der Waals surface area contributed by atoms with Crippen molar-refractivity contribution in [2.24, 2.45) is 0 Å². The van der Waals surface area contributed by atoms with Crippen LogP contribution in [0.15, 0.2) is 42.6 Å². The van der Waals surface area contributed by atoms with Crippen molar-refractivity contribution in [1.29, 1.82) is 0 Å². The smallest absolute Gasteiger partial charge is 0.324 e. The van der Waals surface area contributed by atoms with Gasteiger partial charge in [-0.2, -0.15) is 0 Å². The summed E-state index contributed by atoms with van der Waals surface area (Å²) < 4.78 is 0. The third-order valence-corrected chi connectivity index (χ3v) is 2.32. The number of anilines is 2. The van der Waals surface area contributed by atoms with E-state index >= 15 is 0 Å². The highest BCUT2D eigenvalue weighted by Gasteiger charge is 2.03. The molecule has 5 nitrogen and oxygen atoms in total. The zero-order chi connectivity index (χ0) is 13.0. The normalized spacial score (nSPS) is 9.83. The molecule has 2 rings (SSSR count). The number of carbonyl (C=O) groups is 1. The van der Waals surface area contributed by atoms with E-state index in [0.29, 0.717) is 16.5 Å². The number of pyridine rings is 1. The Morgan fingerprint density at radius 1 is 1.11 bits per heavy atom. The highest BCUT2D eigenvalue weighted by Crippen LogP contribution is 2.14. The number of phenolic OH excluding ortho intramolecular Hbond substituents is 1. The number of benzene rings is 1. The van der Waals surface area contributed by atoms with Crippen LogP contribution in [-0.4, -0.2) is 16.1 Å². The van der Waals surface area contributed by atoms with Crippen molar-refractivity contribution in [3.05, 3.63) is 47.6 Å². The van der Waals surface area contributed by atoms with Gasteiger partial charge in [-0.25, -0.2) is 9.78 Å². The predicted molar refractivity (Wildman–Crippen MR) is 70.0 cm³/mol. The number of aromatic nitrogens is 1. The summed E-state index contributed by atoms with van der Waals surface area (Å²) in [5.74, 6) is 0.538. The minimum atomic E-state index is -0.421. The van der Waals surface area contributed by atoms with Crippen LogP contribution >= 0.6 is 11.6 Å². The van der Waals surface area contributed by atoms with Crippen molar-refractivity contribution >= 4 is 29.1 Å². The standard InChI is InChI=1S/C12H10ClN3O2/c13-8-1-6-11(14-7-8)16-12(18)15-9-2-4-10(17)5-3-9/h1-7,17H,(H2,14,15,16,18). The van der Waals surface area contributed by atoms with E-state index in [1.165, 1.54) is 18.3 Å². The van der Waals surface area contributed by atoms with Gasteiger partial charge >= 0.3 is 6.03 Å². The van der Waals surface area contributed by atoms with Gasteiger partial charge in [0.15, 0.2) is 0 Å². The lowest BCUT2D eigenvalue weighted by Gasteiger charge is -2.06. The molecule has 0 atom stereocenters. The molecule has 0 radical (unpaired) electrons. The van der Waals surface area contributed by atoms with Crippen molar-refractivity contribution in [2.45, 2.75) is 0 Å². The molecule has 0 fully saturated rings. The van der Waals surface area contributed by atoms with E-state index in [1.54, 1.807) is 24.3 Å². The second kappa shape index (κ2) is 5.37. The summed E-state index contributed by atoms with van der Waals surface area (Å²) in [6.07, 6.45) is 1.44. The molecular weight excluding hydrogens is 254 g/mol. The van der Waals surface area contributed by atoms with Crippen molar-refractivity contribution in [3.63, 3.8) is 0 Å². The van der Waals surface area contributed by atoms with Crippen LogP contribution in [0.25, 0.3) is 0 Å². The fraction of sp³-hybridized carbons (Fsp3) is 0. The first-order valence-corrected chi connectivity index (χ1v) is 5.50. The quantitative estimate of drug-likeness (QED) is 0.729. The number of phenols is 1. The summed E-state index contributed by atoms with van der Waals surface area (Å²) in [6, 6.07) is 8.94. The average Bonchev–Trinajstić information content (AvgIpc) is 2.35. The number of urea groups is 1. The SMILES string of the molecule is O=C(Nc1ccc(O)cc1)Nc1ccc(Cl)cn1. The Hall–Kier alpha value is -2.27. The van der Waals surface area contributed by atoms with Gasteiger partial charge in [0.05, 0.1) is 5.02 Å². The molecule has 92 valence electrons. The van der Waals surface area contributed by atoms with Gasteiger partial charge in [-0.3, -0.25) is 5.32 Å². The molecule has 0 spiro atoms. The van der Waals surface area contributed by atoms with Crippen LogP contribution in [0.2, 0.25) is 5.02 Å². The number of hydrogen-bond acceptors (Lipinski definition) is 3. The molecule has 0 aliphatic heterocycles. The largest absolute Gasteiger partial charge is 0.508 e. The Morgan fingerprint density at radius 2 is 1.83 bits per heavy atom. The number of aromatic hydroxyl groups is 1. The maximum absolute atomic E-state index is 11.6. The number of halogens is 1. The molecule has 1 aromatic heterocycles. The zero-order valence-electron chi connectivity index (χ0n) is 9.22. The Bertz CT molecular complexity index is 491. The lowest BCUT2D eigenvalue weighted by atomic mass is 10.3. The molecular formula is C12H10ClN3O2.